The molecule has 0 fully saturated rings. The number of hydrogen-bond acceptors (Lipinski definition) is 6. The number of carbonyl (C=O) groups excluding carboxylic acids is 1. The minimum atomic E-state index is -0.417. The van der Waals surface area contributed by atoms with Crippen molar-refractivity contribution in [1.29, 1.82) is 0 Å². The zero-order chi connectivity index (χ0) is 17.8. The van der Waals surface area contributed by atoms with Crippen LogP contribution in [0.1, 0.15) is 23.0 Å². The second kappa shape index (κ2) is 7.31. The lowest BCUT2D eigenvalue weighted by Crippen LogP contribution is -2.08. The minimum absolute atomic E-state index is 0.304. The number of ether oxygens (including phenoxy) is 2. The molecule has 7 nitrogen and oxygen atoms in total. The Balaban J connectivity index is 1.80. The van der Waals surface area contributed by atoms with E-state index in [2.05, 4.69) is 15.3 Å². The van der Waals surface area contributed by atoms with E-state index < -0.39 is 5.97 Å². The molecular formula is C17H15ClN4O3. The largest absolute Gasteiger partial charge is 0.462 e. The molecule has 0 aliphatic carbocycles. The van der Waals surface area contributed by atoms with Gasteiger partial charge in [0.05, 0.1) is 18.5 Å². The van der Waals surface area contributed by atoms with Gasteiger partial charge in [0.1, 0.15) is 11.3 Å². The van der Waals surface area contributed by atoms with Crippen LogP contribution < -0.4 is 4.74 Å². The van der Waals surface area contributed by atoms with E-state index in [1.54, 1.807) is 50.2 Å². The number of esters is 1. The first-order chi connectivity index (χ1) is 12.1. The maximum absolute atomic E-state index is 11.9. The van der Waals surface area contributed by atoms with Crippen LogP contribution in [0.4, 0.5) is 0 Å². The van der Waals surface area contributed by atoms with Crippen LogP contribution in [0, 0.1) is 6.92 Å². The predicted molar refractivity (Wildman–Crippen MR) is 91.4 cm³/mol. The molecule has 0 aliphatic heterocycles. The zero-order valence-corrected chi connectivity index (χ0v) is 14.4. The average molecular weight is 359 g/mol. The lowest BCUT2D eigenvalue weighted by atomic mass is 10.2. The molecule has 0 radical (unpaired) electrons. The van der Waals surface area contributed by atoms with Gasteiger partial charge in [0.2, 0.25) is 5.88 Å². The Bertz CT molecular complexity index is 893. The van der Waals surface area contributed by atoms with Crippen LogP contribution in [0.2, 0.25) is 5.02 Å². The van der Waals surface area contributed by atoms with Gasteiger partial charge in [-0.15, -0.1) is 10.2 Å². The normalized spacial score (nSPS) is 10.5. The number of hydrogen-bond donors (Lipinski definition) is 0. The molecule has 0 bridgehead atoms. The summed E-state index contributed by atoms with van der Waals surface area (Å²) in [5, 5.41) is 12.8. The number of nitrogens with zero attached hydrogens (tertiary/aromatic N) is 4. The van der Waals surface area contributed by atoms with Gasteiger partial charge >= 0.3 is 5.97 Å². The molecule has 0 saturated heterocycles. The highest BCUT2D eigenvalue weighted by Crippen LogP contribution is 2.22. The standard InChI is InChI=1S/C17H15ClN4O3/c1-3-24-17(23)14-10-19-22(11(14)2)15-7-8-16(21-20-15)25-13-6-4-5-12(18)9-13/h4-10H,3H2,1-2H3. The van der Waals surface area contributed by atoms with Gasteiger partial charge in [-0.05, 0) is 38.1 Å². The first-order valence-corrected chi connectivity index (χ1v) is 7.95. The first kappa shape index (κ1) is 16.9. The molecule has 1 aromatic carbocycles. The topological polar surface area (TPSA) is 79.1 Å². The SMILES string of the molecule is CCOC(=O)c1cnn(-c2ccc(Oc3cccc(Cl)c3)nn2)c1C. The second-order valence-corrected chi connectivity index (χ2v) is 5.50. The molecule has 0 N–H and O–H groups in total. The number of aromatic nitrogens is 4. The van der Waals surface area contributed by atoms with Crippen LogP contribution in [-0.2, 0) is 4.74 Å². The molecular weight excluding hydrogens is 344 g/mol. The van der Waals surface area contributed by atoms with Crippen LogP contribution in [0.5, 0.6) is 11.6 Å². The maximum Gasteiger partial charge on any atom is 0.341 e. The molecule has 0 amide bonds. The Morgan fingerprint density at radius 3 is 2.76 bits per heavy atom. The van der Waals surface area contributed by atoms with Gasteiger partial charge in [0, 0.05) is 11.1 Å². The molecule has 0 spiro atoms. The highest BCUT2D eigenvalue weighted by Gasteiger charge is 2.16. The van der Waals surface area contributed by atoms with Crippen molar-refractivity contribution in [2.24, 2.45) is 0 Å². The van der Waals surface area contributed by atoms with E-state index in [0.717, 1.165) is 0 Å². The van der Waals surface area contributed by atoms with Gasteiger partial charge in [-0.2, -0.15) is 5.10 Å². The Morgan fingerprint density at radius 1 is 1.24 bits per heavy atom. The molecule has 0 unspecified atom stereocenters. The highest BCUT2D eigenvalue weighted by molar-refractivity contribution is 6.30. The summed E-state index contributed by atoms with van der Waals surface area (Å²) in [5.41, 5.74) is 1.01. The van der Waals surface area contributed by atoms with Crippen LogP contribution in [0.15, 0.2) is 42.6 Å². The fourth-order valence-electron chi connectivity index (χ4n) is 2.18. The third-order valence-corrected chi connectivity index (χ3v) is 3.60. The summed E-state index contributed by atoms with van der Waals surface area (Å²) in [5.74, 6) is 0.933. The second-order valence-electron chi connectivity index (χ2n) is 5.07. The van der Waals surface area contributed by atoms with Crippen molar-refractivity contribution in [3.63, 3.8) is 0 Å². The summed E-state index contributed by atoms with van der Waals surface area (Å²) in [4.78, 5) is 11.9. The van der Waals surface area contributed by atoms with E-state index in [1.165, 1.54) is 10.9 Å². The number of benzene rings is 1. The fraction of sp³-hybridized carbons (Fsp3) is 0.176. The van der Waals surface area contributed by atoms with Crippen LogP contribution in [0.3, 0.4) is 0 Å². The van der Waals surface area contributed by atoms with Gasteiger partial charge < -0.3 is 9.47 Å². The summed E-state index contributed by atoms with van der Waals surface area (Å²) >= 11 is 5.92. The molecule has 2 aromatic heterocycles. The van der Waals surface area contributed by atoms with E-state index in [-0.39, 0.29) is 0 Å². The van der Waals surface area contributed by atoms with Gasteiger partial charge in [0.15, 0.2) is 5.82 Å². The summed E-state index contributed by atoms with van der Waals surface area (Å²) < 4.78 is 12.1. The maximum atomic E-state index is 11.9. The van der Waals surface area contributed by atoms with Crippen molar-refractivity contribution < 1.29 is 14.3 Å². The molecule has 0 aliphatic rings. The van der Waals surface area contributed by atoms with Gasteiger partial charge in [-0.1, -0.05) is 17.7 Å². The molecule has 3 rings (SSSR count). The number of halogens is 1. The van der Waals surface area contributed by atoms with E-state index in [9.17, 15) is 4.79 Å². The quantitative estimate of drug-likeness (QED) is 0.648. The summed E-state index contributed by atoms with van der Waals surface area (Å²) in [7, 11) is 0. The van der Waals surface area contributed by atoms with Crippen molar-refractivity contribution in [2.45, 2.75) is 13.8 Å². The Morgan fingerprint density at radius 2 is 2.08 bits per heavy atom. The Hall–Kier alpha value is -2.93. The van der Waals surface area contributed by atoms with Gasteiger partial charge in [-0.3, -0.25) is 0 Å². The minimum Gasteiger partial charge on any atom is -0.462 e. The molecule has 2 heterocycles. The molecule has 0 saturated carbocycles. The number of rotatable bonds is 5. The van der Waals surface area contributed by atoms with Crippen molar-refractivity contribution in [3.8, 4) is 17.4 Å². The van der Waals surface area contributed by atoms with Crippen LogP contribution >= 0.6 is 11.6 Å². The monoisotopic (exact) mass is 358 g/mol. The van der Waals surface area contributed by atoms with E-state index in [4.69, 9.17) is 21.1 Å². The molecule has 8 heteroatoms. The third kappa shape index (κ3) is 3.77. The van der Waals surface area contributed by atoms with Crippen molar-refractivity contribution in [3.05, 3.63) is 58.9 Å². The first-order valence-electron chi connectivity index (χ1n) is 7.57. The Labute approximate surface area is 149 Å². The van der Waals surface area contributed by atoms with Gasteiger partial charge in [0.25, 0.3) is 0 Å². The summed E-state index contributed by atoms with van der Waals surface area (Å²) in [6.45, 7) is 3.82. The van der Waals surface area contributed by atoms with Gasteiger partial charge in [-0.25, -0.2) is 9.48 Å². The highest BCUT2D eigenvalue weighted by atomic mass is 35.5. The van der Waals surface area contributed by atoms with Crippen LogP contribution in [0.25, 0.3) is 5.82 Å². The lowest BCUT2D eigenvalue weighted by molar-refractivity contribution is 0.0525. The predicted octanol–water partition coefficient (Wildman–Crippen LogP) is 3.59. The fourth-order valence-corrected chi connectivity index (χ4v) is 2.36. The summed E-state index contributed by atoms with van der Waals surface area (Å²) in [6, 6.07) is 10.3. The summed E-state index contributed by atoms with van der Waals surface area (Å²) in [6.07, 6.45) is 1.45. The molecule has 0 atom stereocenters. The zero-order valence-electron chi connectivity index (χ0n) is 13.6. The smallest absolute Gasteiger partial charge is 0.341 e. The molecule has 25 heavy (non-hydrogen) atoms. The molecule has 3 aromatic rings. The van der Waals surface area contributed by atoms with Crippen molar-refractivity contribution >= 4 is 17.6 Å². The van der Waals surface area contributed by atoms with E-state index in [1.807, 2.05) is 0 Å². The van der Waals surface area contributed by atoms with Crippen molar-refractivity contribution in [1.82, 2.24) is 20.0 Å². The van der Waals surface area contributed by atoms with Crippen LogP contribution in [-0.4, -0.2) is 32.6 Å². The third-order valence-electron chi connectivity index (χ3n) is 3.37. The van der Waals surface area contributed by atoms with Crippen molar-refractivity contribution in [2.75, 3.05) is 6.61 Å². The van der Waals surface area contributed by atoms with E-state index >= 15 is 0 Å². The molecule has 128 valence electrons. The average Bonchev–Trinajstić information content (AvgIpc) is 2.97. The van der Waals surface area contributed by atoms with E-state index in [0.29, 0.717) is 40.3 Å². The lowest BCUT2D eigenvalue weighted by Gasteiger charge is -2.06. The Kier molecular flexibility index (Phi) is 4.95. The number of carbonyl (C=O) groups is 1.